The number of nitrogens with one attached hydrogen (secondary N) is 1. The summed E-state index contributed by atoms with van der Waals surface area (Å²) in [6, 6.07) is 9.33. The number of benzene rings is 1. The number of aliphatic hydroxyl groups is 1. The average Bonchev–Trinajstić information content (AvgIpc) is 3.03. The van der Waals surface area contributed by atoms with Gasteiger partial charge in [-0.3, -0.25) is 15.1 Å². The lowest BCUT2D eigenvalue weighted by atomic mass is 10.00. The Labute approximate surface area is 118 Å². The minimum atomic E-state index is -0.362. The van der Waals surface area contributed by atoms with Crippen LogP contribution in [0.4, 0.5) is 0 Å². The molecule has 0 aromatic heterocycles. The van der Waals surface area contributed by atoms with Crippen LogP contribution in [0.25, 0.3) is 0 Å². The Morgan fingerprint density at radius 3 is 2.70 bits per heavy atom. The van der Waals surface area contributed by atoms with Gasteiger partial charge in [0.1, 0.15) is 6.04 Å². The van der Waals surface area contributed by atoms with Gasteiger partial charge in [-0.15, -0.1) is 0 Å². The third kappa shape index (κ3) is 2.32. The van der Waals surface area contributed by atoms with Gasteiger partial charge in [-0.05, 0) is 24.3 Å². The molecule has 108 valence electrons. The van der Waals surface area contributed by atoms with E-state index in [9.17, 15) is 9.90 Å². The zero-order valence-corrected chi connectivity index (χ0v) is 11.4. The molecular weight excluding hydrogens is 254 g/mol. The normalized spacial score (nSPS) is 31.0. The highest BCUT2D eigenvalue weighted by atomic mass is 16.3. The van der Waals surface area contributed by atoms with Crippen molar-refractivity contribution in [1.82, 2.24) is 10.3 Å². The molecule has 1 aliphatic heterocycles. The predicted octanol–water partition coefficient (Wildman–Crippen LogP) is 0.420. The van der Waals surface area contributed by atoms with E-state index in [2.05, 4.69) is 10.3 Å². The van der Waals surface area contributed by atoms with Gasteiger partial charge in [-0.1, -0.05) is 30.3 Å². The molecule has 5 nitrogen and oxygen atoms in total. The second kappa shape index (κ2) is 5.52. The number of hydrazine groups is 1. The van der Waals surface area contributed by atoms with Crippen LogP contribution in [0.1, 0.15) is 24.4 Å². The Hall–Kier alpha value is -1.43. The number of hydrogen-bond donors (Lipinski definition) is 3. The van der Waals surface area contributed by atoms with Crippen molar-refractivity contribution in [1.29, 1.82) is 0 Å². The van der Waals surface area contributed by atoms with Gasteiger partial charge in [0.15, 0.2) is 0 Å². The summed E-state index contributed by atoms with van der Waals surface area (Å²) in [5, 5.41) is 10.0. The molecule has 1 saturated carbocycles. The van der Waals surface area contributed by atoms with E-state index in [1.54, 1.807) is 0 Å². The minimum absolute atomic E-state index is 0.189. The second-order valence-corrected chi connectivity index (χ2v) is 5.84. The first-order valence-electron chi connectivity index (χ1n) is 7.18. The lowest BCUT2D eigenvalue weighted by molar-refractivity contribution is -0.126. The smallest absolute Gasteiger partial charge is 0.255 e. The quantitative estimate of drug-likeness (QED) is 0.424. The molecule has 0 bridgehead atoms. The van der Waals surface area contributed by atoms with Crippen LogP contribution in [0, 0.1) is 11.8 Å². The summed E-state index contributed by atoms with van der Waals surface area (Å²) < 4.78 is 0. The van der Waals surface area contributed by atoms with E-state index >= 15 is 0 Å². The summed E-state index contributed by atoms with van der Waals surface area (Å²) in [6.07, 6.45) is 1.72. The van der Waals surface area contributed by atoms with Gasteiger partial charge in [0, 0.05) is 19.0 Å². The SMILES string of the molecule is NNC(=O)C(c1ccccc1)N1CC2CCC(O)C2C1. The summed E-state index contributed by atoms with van der Waals surface area (Å²) in [6.45, 7) is 1.62. The van der Waals surface area contributed by atoms with Crippen molar-refractivity contribution in [3.63, 3.8) is 0 Å². The summed E-state index contributed by atoms with van der Waals surface area (Å²) >= 11 is 0. The molecule has 1 saturated heterocycles. The zero-order chi connectivity index (χ0) is 14.1. The molecule has 4 N–H and O–H groups in total. The molecule has 0 spiro atoms. The van der Waals surface area contributed by atoms with Gasteiger partial charge < -0.3 is 5.11 Å². The van der Waals surface area contributed by atoms with Crippen molar-refractivity contribution in [3.05, 3.63) is 35.9 Å². The van der Waals surface area contributed by atoms with Crippen molar-refractivity contribution in [2.45, 2.75) is 25.0 Å². The van der Waals surface area contributed by atoms with Crippen LogP contribution < -0.4 is 11.3 Å². The maximum absolute atomic E-state index is 12.2. The van der Waals surface area contributed by atoms with Crippen molar-refractivity contribution in [2.75, 3.05) is 13.1 Å². The van der Waals surface area contributed by atoms with Crippen LogP contribution >= 0.6 is 0 Å². The van der Waals surface area contributed by atoms with Crippen molar-refractivity contribution in [2.24, 2.45) is 17.7 Å². The molecule has 1 amide bonds. The molecule has 4 atom stereocenters. The van der Waals surface area contributed by atoms with E-state index in [0.717, 1.165) is 31.5 Å². The number of hydrogen-bond acceptors (Lipinski definition) is 4. The summed E-state index contributed by atoms with van der Waals surface area (Å²) in [7, 11) is 0. The number of carbonyl (C=O) groups is 1. The van der Waals surface area contributed by atoms with E-state index in [1.807, 2.05) is 30.3 Å². The molecule has 4 unspecified atom stereocenters. The van der Waals surface area contributed by atoms with Crippen molar-refractivity contribution < 1.29 is 9.90 Å². The van der Waals surface area contributed by atoms with Crippen LogP contribution in [0.2, 0.25) is 0 Å². The lowest BCUT2D eigenvalue weighted by Crippen LogP contribution is -2.43. The van der Waals surface area contributed by atoms with Crippen LogP contribution in [0.15, 0.2) is 30.3 Å². The summed E-state index contributed by atoms with van der Waals surface area (Å²) in [5.74, 6) is 5.96. The fourth-order valence-corrected chi connectivity index (χ4v) is 3.72. The molecule has 2 aliphatic rings. The Morgan fingerprint density at radius 2 is 2.05 bits per heavy atom. The number of nitrogens with two attached hydrogens (primary N) is 1. The topological polar surface area (TPSA) is 78.6 Å². The molecule has 1 aromatic carbocycles. The predicted molar refractivity (Wildman–Crippen MR) is 75.3 cm³/mol. The van der Waals surface area contributed by atoms with E-state index in [0.29, 0.717) is 11.8 Å². The van der Waals surface area contributed by atoms with Crippen molar-refractivity contribution >= 4 is 5.91 Å². The van der Waals surface area contributed by atoms with E-state index in [4.69, 9.17) is 5.84 Å². The standard InChI is InChI=1S/C15H21N3O2/c16-17-15(20)14(10-4-2-1-3-5-10)18-8-11-6-7-13(19)12(11)9-18/h1-5,11-14,19H,6-9,16H2,(H,17,20). The molecule has 3 rings (SSSR count). The third-order valence-corrected chi connectivity index (χ3v) is 4.72. The molecular formula is C15H21N3O2. The average molecular weight is 275 g/mol. The highest BCUT2D eigenvalue weighted by Crippen LogP contribution is 2.41. The van der Waals surface area contributed by atoms with Gasteiger partial charge >= 0.3 is 0 Å². The Balaban J connectivity index is 1.83. The third-order valence-electron chi connectivity index (χ3n) is 4.72. The number of likely N-dealkylation sites (tertiary alicyclic amines) is 1. The molecule has 1 aliphatic carbocycles. The molecule has 20 heavy (non-hydrogen) atoms. The number of aliphatic hydroxyl groups excluding tert-OH is 1. The van der Waals surface area contributed by atoms with Gasteiger partial charge in [0.2, 0.25) is 0 Å². The maximum Gasteiger partial charge on any atom is 0.255 e. The number of carbonyl (C=O) groups excluding carboxylic acids is 1. The van der Waals surface area contributed by atoms with Crippen LogP contribution in [-0.2, 0) is 4.79 Å². The number of fused-ring (bicyclic) bond motifs is 1. The van der Waals surface area contributed by atoms with Gasteiger partial charge in [-0.25, -0.2) is 5.84 Å². The summed E-state index contributed by atoms with van der Waals surface area (Å²) in [5.41, 5.74) is 3.22. The number of rotatable bonds is 3. The Morgan fingerprint density at radius 1 is 1.30 bits per heavy atom. The van der Waals surface area contributed by atoms with Crippen LogP contribution in [0.3, 0.4) is 0 Å². The fourth-order valence-electron chi connectivity index (χ4n) is 3.72. The van der Waals surface area contributed by atoms with E-state index in [-0.39, 0.29) is 18.1 Å². The van der Waals surface area contributed by atoms with Crippen molar-refractivity contribution in [3.8, 4) is 0 Å². The highest BCUT2D eigenvalue weighted by Gasteiger charge is 2.45. The molecule has 1 aromatic rings. The molecule has 2 fully saturated rings. The van der Waals surface area contributed by atoms with Gasteiger partial charge in [0.05, 0.1) is 6.10 Å². The Kier molecular flexibility index (Phi) is 3.74. The lowest BCUT2D eigenvalue weighted by Gasteiger charge is -2.27. The first kappa shape index (κ1) is 13.5. The van der Waals surface area contributed by atoms with Gasteiger partial charge in [-0.2, -0.15) is 0 Å². The highest BCUT2D eigenvalue weighted by molar-refractivity contribution is 5.82. The first-order chi connectivity index (χ1) is 9.70. The molecule has 5 heteroatoms. The summed E-state index contributed by atoms with van der Waals surface area (Å²) in [4.78, 5) is 14.3. The van der Waals surface area contributed by atoms with Crippen LogP contribution in [0.5, 0.6) is 0 Å². The second-order valence-electron chi connectivity index (χ2n) is 5.84. The number of nitrogens with zero attached hydrogens (tertiary/aromatic N) is 1. The maximum atomic E-state index is 12.2. The monoisotopic (exact) mass is 275 g/mol. The van der Waals surface area contributed by atoms with E-state index in [1.165, 1.54) is 0 Å². The Bertz CT molecular complexity index is 479. The van der Waals surface area contributed by atoms with Crippen LogP contribution in [-0.4, -0.2) is 35.1 Å². The zero-order valence-electron chi connectivity index (χ0n) is 11.4. The van der Waals surface area contributed by atoms with E-state index < -0.39 is 0 Å². The molecule has 1 heterocycles. The molecule has 0 radical (unpaired) electrons. The fraction of sp³-hybridized carbons (Fsp3) is 0.533. The minimum Gasteiger partial charge on any atom is -0.393 e. The number of amides is 1. The first-order valence-corrected chi connectivity index (χ1v) is 7.18. The van der Waals surface area contributed by atoms with Gasteiger partial charge in [0.25, 0.3) is 5.91 Å². The largest absolute Gasteiger partial charge is 0.393 e.